The minimum Gasteiger partial charge on any atom is -0.342 e. The van der Waals surface area contributed by atoms with Gasteiger partial charge in [-0.3, -0.25) is 9.69 Å². The Kier molecular flexibility index (Phi) is 7.99. The maximum absolute atomic E-state index is 12.4. The van der Waals surface area contributed by atoms with Gasteiger partial charge in [0.15, 0.2) is 0 Å². The van der Waals surface area contributed by atoms with Gasteiger partial charge in [-0.25, -0.2) is 0 Å². The number of hydrogen-bond acceptors (Lipinski definition) is 3. The first-order chi connectivity index (χ1) is 9.58. The first-order valence-corrected chi connectivity index (χ1v) is 8.31. The van der Waals surface area contributed by atoms with Crippen molar-refractivity contribution in [3.05, 3.63) is 0 Å². The Morgan fingerprint density at radius 2 is 1.90 bits per heavy atom. The van der Waals surface area contributed by atoms with Crippen molar-refractivity contribution in [2.24, 2.45) is 11.7 Å². The van der Waals surface area contributed by atoms with E-state index in [0.29, 0.717) is 24.4 Å². The van der Waals surface area contributed by atoms with E-state index in [9.17, 15) is 4.79 Å². The van der Waals surface area contributed by atoms with E-state index in [0.717, 1.165) is 13.1 Å². The van der Waals surface area contributed by atoms with Gasteiger partial charge < -0.3 is 10.6 Å². The third kappa shape index (κ3) is 5.42. The number of carbonyl (C=O) groups is 1. The van der Waals surface area contributed by atoms with E-state index in [-0.39, 0.29) is 18.4 Å². The number of hydrogen-bond donors (Lipinski definition) is 1. The molecule has 1 saturated carbocycles. The molecule has 1 aliphatic heterocycles. The van der Waals surface area contributed by atoms with Crippen LogP contribution in [0.1, 0.15) is 51.9 Å². The lowest BCUT2D eigenvalue weighted by Crippen LogP contribution is -2.48. The standard InChI is InChI=1S/C16H31N3O.ClH/c1-13(17)14-7-6-10-19(11-14)12-16(20)18(2)15-8-4-3-5-9-15;/h13-15H,3-12,17H2,1-2H3;1H. The van der Waals surface area contributed by atoms with Gasteiger partial charge in [-0.05, 0) is 45.1 Å². The van der Waals surface area contributed by atoms with E-state index in [1.54, 1.807) is 0 Å². The second-order valence-electron chi connectivity index (χ2n) is 6.79. The Balaban J connectivity index is 0.00000220. The number of amides is 1. The van der Waals surface area contributed by atoms with Crippen molar-refractivity contribution in [1.82, 2.24) is 9.80 Å². The van der Waals surface area contributed by atoms with Crippen molar-refractivity contribution in [3.63, 3.8) is 0 Å². The van der Waals surface area contributed by atoms with Gasteiger partial charge in [0.2, 0.25) is 5.91 Å². The summed E-state index contributed by atoms with van der Waals surface area (Å²) in [6, 6.07) is 0.717. The van der Waals surface area contributed by atoms with Gasteiger partial charge in [-0.15, -0.1) is 12.4 Å². The molecule has 1 heterocycles. The SMILES string of the molecule is CC(N)C1CCCN(CC(=O)N(C)C2CCCCC2)C1.Cl. The highest BCUT2D eigenvalue weighted by Crippen LogP contribution is 2.22. The maximum Gasteiger partial charge on any atom is 0.236 e. The van der Waals surface area contributed by atoms with Crippen LogP contribution < -0.4 is 5.73 Å². The Hall–Kier alpha value is -0.320. The molecular formula is C16H32ClN3O. The van der Waals surface area contributed by atoms with Crippen molar-refractivity contribution in [2.45, 2.75) is 64.0 Å². The van der Waals surface area contributed by atoms with Crippen LogP contribution in [-0.4, -0.2) is 54.5 Å². The Morgan fingerprint density at radius 1 is 1.24 bits per heavy atom. The quantitative estimate of drug-likeness (QED) is 0.865. The molecule has 2 aliphatic rings. The van der Waals surface area contributed by atoms with E-state index in [1.807, 2.05) is 11.9 Å². The minimum absolute atomic E-state index is 0. The molecule has 2 unspecified atom stereocenters. The van der Waals surface area contributed by atoms with Crippen molar-refractivity contribution >= 4 is 18.3 Å². The Labute approximate surface area is 135 Å². The molecule has 0 spiro atoms. The molecule has 2 fully saturated rings. The lowest BCUT2D eigenvalue weighted by Gasteiger charge is -2.37. The van der Waals surface area contributed by atoms with Crippen LogP contribution >= 0.6 is 12.4 Å². The molecule has 0 radical (unpaired) electrons. The molecule has 2 atom stereocenters. The molecule has 2 N–H and O–H groups in total. The average Bonchev–Trinajstić information content (AvgIpc) is 2.47. The van der Waals surface area contributed by atoms with Crippen LogP contribution in [0.2, 0.25) is 0 Å². The number of piperidine rings is 1. The van der Waals surface area contributed by atoms with Crippen LogP contribution in [0.4, 0.5) is 0 Å². The van der Waals surface area contributed by atoms with Gasteiger partial charge in [-0.1, -0.05) is 19.3 Å². The molecule has 1 aliphatic carbocycles. The number of likely N-dealkylation sites (tertiary alicyclic amines) is 1. The molecule has 0 aromatic heterocycles. The van der Waals surface area contributed by atoms with E-state index in [2.05, 4.69) is 11.8 Å². The van der Waals surface area contributed by atoms with Crippen LogP contribution in [0.15, 0.2) is 0 Å². The maximum atomic E-state index is 12.4. The summed E-state index contributed by atoms with van der Waals surface area (Å²) in [5.74, 6) is 0.846. The van der Waals surface area contributed by atoms with Crippen LogP contribution in [0.3, 0.4) is 0 Å². The van der Waals surface area contributed by atoms with Gasteiger partial charge in [-0.2, -0.15) is 0 Å². The van der Waals surface area contributed by atoms with Crippen molar-refractivity contribution in [3.8, 4) is 0 Å². The van der Waals surface area contributed by atoms with Crippen LogP contribution in [0, 0.1) is 5.92 Å². The number of rotatable bonds is 4. The molecule has 21 heavy (non-hydrogen) atoms. The first-order valence-electron chi connectivity index (χ1n) is 8.31. The summed E-state index contributed by atoms with van der Waals surface area (Å²) in [4.78, 5) is 16.8. The van der Waals surface area contributed by atoms with Crippen molar-refractivity contribution in [1.29, 1.82) is 0 Å². The second kappa shape index (κ2) is 8.96. The van der Waals surface area contributed by atoms with E-state index in [1.165, 1.54) is 44.9 Å². The highest BCUT2D eigenvalue weighted by Gasteiger charge is 2.27. The highest BCUT2D eigenvalue weighted by molar-refractivity contribution is 5.85. The van der Waals surface area contributed by atoms with Crippen LogP contribution in [0.5, 0.6) is 0 Å². The van der Waals surface area contributed by atoms with Crippen LogP contribution in [0.25, 0.3) is 0 Å². The molecule has 0 bridgehead atoms. The second-order valence-corrected chi connectivity index (χ2v) is 6.79. The van der Waals surface area contributed by atoms with Gasteiger partial charge in [0.05, 0.1) is 6.54 Å². The molecule has 4 nitrogen and oxygen atoms in total. The fraction of sp³-hybridized carbons (Fsp3) is 0.938. The third-order valence-corrected chi connectivity index (χ3v) is 5.16. The zero-order chi connectivity index (χ0) is 14.5. The van der Waals surface area contributed by atoms with Gasteiger partial charge in [0.25, 0.3) is 0 Å². The summed E-state index contributed by atoms with van der Waals surface area (Å²) in [5.41, 5.74) is 6.01. The summed E-state index contributed by atoms with van der Waals surface area (Å²) in [6.45, 7) is 4.70. The highest BCUT2D eigenvalue weighted by atomic mass is 35.5. The monoisotopic (exact) mass is 317 g/mol. The molecule has 0 aromatic rings. The average molecular weight is 318 g/mol. The predicted molar refractivity (Wildman–Crippen MR) is 89.7 cm³/mol. The summed E-state index contributed by atoms with van der Waals surface area (Å²) < 4.78 is 0. The topological polar surface area (TPSA) is 49.6 Å². The third-order valence-electron chi connectivity index (χ3n) is 5.16. The van der Waals surface area contributed by atoms with Crippen LogP contribution in [-0.2, 0) is 4.79 Å². The van der Waals surface area contributed by atoms with E-state index in [4.69, 9.17) is 5.73 Å². The van der Waals surface area contributed by atoms with Gasteiger partial charge >= 0.3 is 0 Å². The number of likely N-dealkylation sites (N-methyl/N-ethyl adjacent to an activating group) is 1. The normalized spacial score (nSPS) is 26.0. The van der Waals surface area contributed by atoms with Gasteiger partial charge in [0, 0.05) is 25.7 Å². The molecular weight excluding hydrogens is 286 g/mol. The number of nitrogens with zero attached hydrogens (tertiary/aromatic N) is 2. The van der Waals surface area contributed by atoms with E-state index < -0.39 is 0 Å². The van der Waals surface area contributed by atoms with Gasteiger partial charge in [0.1, 0.15) is 0 Å². The van der Waals surface area contributed by atoms with Crippen molar-refractivity contribution < 1.29 is 4.79 Å². The Bertz CT molecular complexity index is 319. The largest absolute Gasteiger partial charge is 0.342 e. The lowest BCUT2D eigenvalue weighted by molar-refractivity contribution is -0.134. The number of halogens is 1. The predicted octanol–water partition coefficient (Wildman–Crippen LogP) is 2.26. The molecule has 1 saturated heterocycles. The molecule has 2 rings (SSSR count). The number of nitrogens with two attached hydrogens (primary N) is 1. The molecule has 1 amide bonds. The smallest absolute Gasteiger partial charge is 0.236 e. The summed E-state index contributed by atoms with van der Waals surface area (Å²) in [6.07, 6.45) is 8.64. The van der Waals surface area contributed by atoms with E-state index >= 15 is 0 Å². The summed E-state index contributed by atoms with van der Waals surface area (Å²) >= 11 is 0. The summed E-state index contributed by atoms with van der Waals surface area (Å²) in [5, 5.41) is 0. The Morgan fingerprint density at radius 3 is 2.52 bits per heavy atom. The fourth-order valence-electron chi connectivity index (χ4n) is 3.64. The number of carbonyl (C=O) groups excluding carboxylic acids is 1. The molecule has 0 aromatic carbocycles. The summed E-state index contributed by atoms with van der Waals surface area (Å²) in [7, 11) is 1.99. The molecule has 5 heteroatoms. The lowest BCUT2D eigenvalue weighted by atomic mass is 9.92. The zero-order valence-electron chi connectivity index (χ0n) is 13.6. The minimum atomic E-state index is 0. The fourth-order valence-corrected chi connectivity index (χ4v) is 3.64. The van der Waals surface area contributed by atoms with Crippen molar-refractivity contribution in [2.75, 3.05) is 26.7 Å². The molecule has 124 valence electrons. The zero-order valence-corrected chi connectivity index (χ0v) is 14.4. The first kappa shape index (κ1) is 18.7.